The number of halogens is 4. The van der Waals surface area contributed by atoms with E-state index in [1.54, 1.807) is 11.3 Å². The normalized spacial score (nSPS) is 12.8. The highest BCUT2D eigenvalue weighted by atomic mass is 127. The van der Waals surface area contributed by atoms with E-state index in [9.17, 15) is 0 Å². The molecule has 1 aromatic carbocycles. The Kier molecular flexibility index (Phi) is 4.80. The molecule has 2 rings (SSSR count). The van der Waals surface area contributed by atoms with Crippen molar-refractivity contribution in [1.82, 2.24) is 0 Å². The summed E-state index contributed by atoms with van der Waals surface area (Å²) < 4.78 is 2.27. The third-order valence-electron chi connectivity index (χ3n) is 2.36. The predicted octanol–water partition coefficient (Wildman–Crippen LogP) is 6.41. The number of rotatable bonds is 2. The predicted molar refractivity (Wildman–Crippen MR) is 88.6 cm³/mol. The molecule has 0 bridgehead atoms. The fourth-order valence-electron chi connectivity index (χ4n) is 1.47. The van der Waals surface area contributed by atoms with Gasteiger partial charge in [-0.25, -0.2) is 0 Å². The van der Waals surface area contributed by atoms with Crippen LogP contribution in [0.15, 0.2) is 28.1 Å². The second-order valence-electron chi connectivity index (χ2n) is 3.63. The van der Waals surface area contributed by atoms with Crippen LogP contribution in [0.4, 0.5) is 0 Å². The van der Waals surface area contributed by atoms with Crippen molar-refractivity contribution in [1.29, 1.82) is 0 Å². The second kappa shape index (κ2) is 5.78. The van der Waals surface area contributed by atoms with Gasteiger partial charge in [-0.05, 0) is 80.8 Å². The molecule has 0 aliphatic carbocycles. The summed E-state index contributed by atoms with van der Waals surface area (Å²) in [6.07, 6.45) is 0. The first-order chi connectivity index (χ1) is 7.99. The molecule has 0 fully saturated rings. The summed E-state index contributed by atoms with van der Waals surface area (Å²) in [7, 11) is 0. The van der Waals surface area contributed by atoms with E-state index in [4.69, 9.17) is 23.2 Å². The van der Waals surface area contributed by atoms with Crippen molar-refractivity contribution in [2.45, 2.75) is 12.3 Å². The fourth-order valence-corrected chi connectivity index (χ4v) is 4.43. The van der Waals surface area contributed by atoms with Crippen LogP contribution in [0.2, 0.25) is 5.02 Å². The van der Waals surface area contributed by atoms with Crippen LogP contribution in [-0.4, -0.2) is 0 Å². The zero-order valence-electron chi connectivity index (χ0n) is 8.81. The van der Waals surface area contributed by atoms with Crippen molar-refractivity contribution in [3.8, 4) is 0 Å². The molecule has 0 amide bonds. The molecule has 0 spiro atoms. The van der Waals surface area contributed by atoms with Crippen LogP contribution in [0.3, 0.4) is 0 Å². The smallest absolute Gasteiger partial charge is 0.0938 e. The van der Waals surface area contributed by atoms with Crippen LogP contribution >= 0.6 is 73.1 Å². The Labute approximate surface area is 137 Å². The van der Waals surface area contributed by atoms with Gasteiger partial charge in [-0.15, -0.1) is 22.9 Å². The van der Waals surface area contributed by atoms with Gasteiger partial charge in [-0.1, -0.05) is 11.6 Å². The number of thiophene rings is 1. The Bertz CT molecular complexity index is 534. The van der Waals surface area contributed by atoms with Crippen LogP contribution in [0.25, 0.3) is 0 Å². The fraction of sp³-hybridized carbons (Fsp3) is 0.167. The van der Waals surface area contributed by atoms with Gasteiger partial charge in [0.2, 0.25) is 0 Å². The highest BCUT2D eigenvalue weighted by Crippen LogP contribution is 2.39. The molecule has 1 heterocycles. The Morgan fingerprint density at radius 3 is 2.65 bits per heavy atom. The van der Waals surface area contributed by atoms with Crippen molar-refractivity contribution < 1.29 is 0 Å². The molecule has 0 aliphatic heterocycles. The minimum absolute atomic E-state index is 0.143. The quantitative estimate of drug-likeness (QED) is 0.358. The Hall–Kier alpha value is 0.710. The molecule has 2 aromatic rings. The molecular weight excluding hydrogens is 454 g/mol. The van der Waals surface area contributed by atoms with Gasteiger partial charge in [-0.2, -0.15) is 0 Å². The zero-order chi connectivity index (χ0) is 12.6. The number of hydrogen-bond donors (Lipinski definition) is 0. The van der Waals surface area contributed by atoms with Gasteiger partial charge in [0.25, 0.3) is 0 Å². The molecule has 1 unspecified atom stereocenters. The summed E-state index contributed by atoms with van der Waals surface area (Å²) in [6.45, 7) is 2.07. The summed E-state index contributed by atoms with van der Waals surface area (Å²) in [5.74, 6) is 0. The Balaban J connectivity index is 2.42. The molecule has 0 nitrogen and oxygen atoms in total. The van der Waals surface area contributed by atoms with Crippen molar-refractivity contribution in [3.05, 3.63) is 52.6 Å². The van der Waals surface area contributed by atoms with Crippen molar-refractivity contribution >= 4 is 73.1 Å². The molecule has 90 valence electrons. The van der Waals surface area contributed by atoms with E-state index >= 15 is 0 Å². The first-order valence-corrected chi connectivity index (χ1v) is 8.34. The summed E-state index contributed by atoms with van der Waals surface area (Å²) in [5, 5.41) is 0.578. The Morgan fingerprint density at radius 1 is 1.35 bits per heavy atom. The average Bonchev–Trinajstić information content (AvgIpc) is 2.62. The van der Waals surface area contributed by atoms with Crippen molar-refractivity contribution in [2.75, 3.05) is 0 Å². The van der Waals surface area contributed by atoms with Gasteiger partial charge >= 0.3 is 0 Å². The molecule has 17 heavy (non-hydrogen) atoms. The topological polar surface area (TPSA) is 0 Å². The van der Waals surface area contributed by atoms with Gasteiger partial charge in [0, 0.05) is 13.5 Å². The van der Waals surface area contributed by atoms with Gasteiger partial charge in [0.1, 0.15) is 0 Å². The van der Waals surface area contributed by atoms with E-state index in [1.807, 2.05) is 18.2 Å². The van der Waals surface area contributed by atoms with Crippen LogP contribution in [0.1, 0.15) is 21.4 Å². The maximum Gasteiger partial charge on any atom is 0.0938 e. The lowest BCUT2D eigenvalue weighted by atomic mass is 10.1. The third-order valence-corrected chi connectivity index (χ3v) is 6.38. The largest absolute Gasteiger partial charge is 0.131 e. The van der Waals surface area contributed by atoms with Gasteiger partial charge in [-0.3, -0.25) is 0 Å². The highest BCUT2D eigenvalue weighted by Gasteiger charge is 2.17. The Morgan fingerprint density at radius 2 is 2.06 bits per heavy atom. The van der Waals surface area contributed by atoms with E-state index in [2.05, 4.69) is 51.5 Å². The van der Waals surface area contributed by atoms with Crippen molar-refractivity contribution in [3.63, 3.8) is 0 Å². The van der Waals surface area contributed by atoms with Crippen LogP contribution in [0.5, 0.6) is 0 Å². The first-order valence-electron chi connectivity index (χ1n) is 4.84. The molecule has 0 saturated heterocycles. The minimum Gasteiger partial charge on any atom is -0.131 e. The number of hydrogen-bond acceptors (Lipinski definition) is 1. The van der Waals surface area contributed by atoms with E-state index in [0.29, 0.717) is 0 Å². The summed E-state index contributed by atoms with van der Waals surface area (Å²) in [6, 6.07) is 7.92. The maximum atomic E-state index is 6.52. The number of aryl methyl sites for hydroxylation is 1. The summed E-state index contributed by atoms with van der Waals surface area (Å²) in [5.41, 5.74) is 2.28. The molecule has 0 N–H and O–H groups in total. The lowest BCUT2D eigenvalue weighted by molar-refractivity contribution is 1.16. The first kappa shape index (κ1) is 14.1. The van der Waals surface area contributed by atoms with E-state index in [-0.39, 0.29) is 5.38 Å². The minimum atomic E-state index is -0.143. The molecule has 1 atom stereocenters. The lowest BCUT2D eigenvalue weighted by Crippen LogP contribution is -1.93. The van der Waals surface area contributed by atoms with Crippen LogP contribution in [0, 0.1) is 10.5 Å². The molecule has 5 heteroatoms. The van der Waals surface area contributed by atoms with Crippen LogP contribution in [-0.2, 0) is 0 Å². The molecule has 0 saturated carbocycles. The summed E-state index contributed by atoms with van der Waals surface area (Å²) >= 11 is 20.0. The lowest BCUT2D eigenvalue weighted by Gasteiger charge is -2.10. The molecule has 0 aliphatic rings. The zero-order valence-corrected chi connectivity index (χ0v) is 14.9. The monoisotopic (exact) mass is 460 g/mol. The number of alkyl halides is 1. The average molecular weight is 462 g/mol. The maximum absolute atomic E-state index is 6.52. The van der Waals surface area contributed by atoms with Gasteiger partial charge < -0.3 is 0 Å². The van der Waals surface area contributed by atoms with Gasteiger partial charge in [0.05, 0.1) is 9.16 Å². The van der Waals surface area contributed by atoms with Crippen molar-refractivity contribution in [2.24, 2.45) is 0 Å². The highest BCUT2D eigenvalue weighted by molar-refractivity contribution is 14.1. The summed E-state index contributed by atoms with van der Waals surface area (Å²) in [4.78, 5) is 1.14. The molecular formula is C12H8BrCl2IS. The molecule has 1 aromatic heterocycles. The van der Waals surface area contributed by atoms with E-state index in [1.165, 1.54) is 5.56 Å². The second-order valence-corrected chi connectivity index (χ2v) is 8.07. The van der Waals surface area contributed by atoms with Gasteiger partial charge in [0.15, 0.2) is 0 Å². The van der Waals surface area contributed by atoms with E-state index in [0.717, 1.165) is 22.8 Å². The molecule has 0 radical (unpaired) electrons. The van der Waals surface area contributed by atoms with Crippen LogP contribution < -0.4 is 0 Å². The number of benzene rings is 1. The van der Waals surface area contributed by atoms with E-state index < -0.39 is 0 Å². The standard InChI is InChI=1S/C12H8BrCl2IS/c1-6-4-10(17-12(6)13)11(15)8-5-7(14)2-3-9(8)16/h2-5,11H,1H3. The SMILES string of the molecule is Cc1cc(C(Cl)c2cc(Cl)ccc2I)sc1Br. The third kappa shape index (κ3) is 3.18.